The lowest BCUT2D eigenvalue weighted by Gasteiger charge is -2.67. The van der Waals surface area contributed by atoms with Gasteiger partial charge in [-0.1, -0.05) is 6.92 Å². The van der Waals surface area contributed by atoms with Crippen LogP contribution in [0.15, 0.2) is 0 Å². The third-order valence-corrected chi connectivity index (χ3v) is 6.83. The molecule has 0 amide bonds. The van der Waals surface area contributed by atoms with Crippen LogP contribution in [0.25, 0.3) is 0 Å². The Kier molecular flexibility index (Phi) is 3.37. The predicted octanol–water partition coefficient (Wildman–Crippen LogP) is 2.41. The van der Waals surface area contributed by atoms with E-state index in [0.717, 1.165) is 45.2 Å². The molecule has 4 aliphatic rings. The zero-order valence-corrected chi connectivity index (χ0v) is 13.7. The van der Waals surface area contributed by atoms with Crippen molar-refractivity contribution in [3.63, 3.8) is 0 Å². The SMILES string of the molecule is CC(=O)O[C@@H]1CCN2CCC[C@H]3C(=O)C[C@H]4C[C@@H](C)C[C@@]32[C@@H]41. The van der Waals surface area contributed by atoms with Crippen LogP contribution >= 0.6 is 0 Å². The lowest BCUT2D eigenvalue weighted by atomic mass is 9.48. The fraction of sp³-hybridized carbons (Fsp3) is 0.889. The minimum absolute atomic E-state index is 0.00567. The number of ketones is 1. The lowest BCUT2D eigenvalue weighted by molar-refractivity contribution is -0.206. The number of piperidine rings is 2. The van der Waals surface area contributed by atoms with Crippen molar-refractivity contribution in [3.8, 4) is 0 Å². The molecule has 0 aromatic heterocycles. The Labute approximate surface area is 132 Å². The second-order valence-electron chi connectivity index (χ2n) is 8.11. The number of ether oxygens (including phenoxy) is 1. The highest BCUT2D eigenvalue weighted by Gasteiger charge is 2.65. The molecular weight excluding hydrogens is 278 g/mol. The van der Waals surface area contributed by atoms with Gasteiger partial charge in [0.2, 0.25) is 0 Å². The first kappa shape index (κ1) is 14.7. The molecule has 2 aliphatic carbocycles. The molecule has 122 valence electrons. The summed E-state index contributed by atoms with van der Waals surface area (Å²) in [5, 5.41) is 0. The summed E-state index contributed by atoms with van der Waals surface area (Å²) in [4.78, 5) is 27.0. The van der Waals surface area contributed by atoms with Crippen LogP contribution in [0.5, 0.6) is 0 Å². The van der Waals surface area contributed by atoms with Crippen molar-refractivity contribution in [2.45, 2.75) is 64.0 Å². The van der Waals surface area contributed by atoms with Crippen molar-refractivity contribution in [1.29, 1.82) is 0 Å². The molecule has 2 heterocycles. The molecule has 6 atom stereocenters. The Hall–Kier alpha value is -0.900. The standard InChI is InChI=1S/C18H27NO3/c1-11-8-13-9-15(21)14-4-3-6-19-7-5-16(22-12(2)20)17(13)18(14,19)10-11/h11,13-14,16-17H,3-10H2,1-2H3/t11-,13-,14+,16-,17+,18+/m1/s1. The van der Waals surface area contributed by atoms with E-state index in [9.17, 15) is 9.59 Å². The van der Waals surface area contributed by atoms with Gasteiger partial charge in [0.05, 0.1) is 0 Å². The van der Waals surface area contributed by atoms with Crippen LogP contribution in [-0.2, 0) is 14.3 Å². The second-order valence-corrected chi connectivity index (χ2v) is 8.11. The van der Waals surface area contributed by atoms with Crippen molar-refractivity contribution in [1.82, 2.24) is 4.90 Å². The number of Topliss-reactive ketones (excluding diaryl/α,β-unsaturated/α-hetero) is 1. The number of nitrogens with zero attached hydrogens (tertiary/aromatic N) is 1. The zero-order chi connectivity index (χ0) is 15.5. The second kappa shape index (κ2) is 5.05. The molecule has 4 rings (SSSR count). The molecule has 0 aromatic carbocycles. The van der Waals surface area contributed by atoms with Crippen LogP contribution in [0.1, 0.15) is 52.4 Å². The van der Waals surface area contributed by atoms with E-state index in [-0.39, 0.29) is 23.5 Å². The molecule has 22 heavy (non-hydrogen) atoms. The first-order chi connectivity index (χ1) is 10.5. The van der Waals surface area contributed by atoms with E-state index in [2.05, 4.69) is 11.8 Å². The maximum absolute atomic E-state index is 12.8. The summed E-state index contributed by atoms with van der Waals surface area (Å²) < 4.78 is 5.75. The predicted molar refractivity (Wildman–Crippen MR) is 82.2 cm³/mol. The Morgan fingerprint density at radius 2 is 2.14 bits per heavy atom. The van der Waals surface area contributed by atoms with Gasteiger partial charge in [0.15, 0.2) is 0 Å². The first-order valence-corrected chi connectivity index (χ1v) is 8.97. The van der Waals surface area contributed by atoms with Crippen LogP contribution in [0, 0.1) is 23.7 Å². The molecule has 0 radical (unpaired) electrons. The van der Waals surface area contributed by atoms with E-state index in [0.29, 0.717) is 30.0 Å². The highest BCUT2D eigenvalue weighted by atomic mass is 16.5. The smallest absolute Gasteiger partial charge is 0.302 e. The average molecular weight is 305 g/mol. The topological polar surface area (TPSA) is 46.6 Å². The molecular formula is C18H27NO3. The maximum Gasteiger partial charge on any atom is 0.302 e. The van der Waals surface area contributed by atoms with Gasteiger partial charge in [0.1, 0.15) is 11.9 Å². The Bertz CT molecular complexity index is 503. The largest absolute Gasteiger partial charge is 0.462 e. The van der Waals surface area contributed by atoms with Crippen molar-refractivity contribution in [2.24, 2.45) is 23.7 Å². The molecule has 0 unspecified atom stereocenters. The van der Waals surface area contributed by atoms with Gasteiger partial charge >= 0.3 is 5.97 Å². The third kappa shape index (κ3) is 1.92. The minimum atomic E-state index is -0.162. The Balaban J connectivity index is 1.78. The number of carbonyl (C=O) groups is 2. The summed E-state index contributed by atoms with van der Waals surface area (Å²) in [6.45, 7) is 5.96. The van der Waals surface area contributed by atoms with E-state index < -0.39 is 0 Å². The van der Waals surface area contributed by atoms with Crippen LogP contribution in [-0.4, -0.2) is 41.4 Å². The van der Waals surface area contributed by atoms with E-state index in [1.807, 2.05) is 0 Å². The normalized spacial score (nSPS) is 47.7. The van der Waals surface area contributed by atoms with Crippen molar-refractivity contribution in [2.75, 3.05) is 13.1 Å². The molecule has 4 heteroatoms. The molecule has 2 aliphatic heterocycles. The van der Waals surface area contributed by atoms with Crippen LogP contribution < -0.4 is 0 Å². The number of hydrogen-bond acceptors (Lipinski definition) is 4. The van der Waals surface area contributed by atoms with E-state index in [4.69, 9.17) is 4.74 Å². The maximum atomic E-state index is 12.8. The third-order valence-electron chi connectivity index (χ3n) is 6.83. The van der Waals surface area contributed by atoms with Gasteiger partial charge in [-0.15, -0.1) is 0 Å². The van der Waals surface area contributed by atoms with E-state index >= 15 is 0 Å². The van der Waals surface area contributed by atoms with Gasteiger partial charge < -0.3 is 4.74 Å². The molecule has 2 bridgehead atoms. The zero-order valence-electron chi connectivity index (χ0n) is 13.7. The molecule has 2 saturated heterocycles. The summed E-state index contributed by atoms with van der Waals surface area (Å²) >= 11 is 0. The van der Waals surface area contributed by atoms with Gasteiger partial charge in [-0.25, -0.2) is 0 Å². The van der Waals surface area contributed by atoms with Crippen molar-refractivity contribution >= 4 is 11.8 Å². The fourth-order valence-corrected chi connectivity index (χ4v) is 6.53. The highest BCUT2D eigenvalue weighted by molar-refractivity contribution is 5.84. The number of hydrogen-bond donors (Lipinski definition) is 0. The molecule has 2 saturated carbocycles. The summed E-state index contributed by atoms with van der Waals surface area (Å²) in [7, 11) is 0. The van der Waals surface area contributed by atoms with Crippen LogP contribution in [0.4, 0.5) is 0 Å². The van der Waals surface area contributed by atoms with Gasteiger partial charge in [-0.3, -0.25) is 14.5 Å². The highest BCUT2D eigenvalue weighted by Crippen LogP contribution is 2.59. The summed E-state index contributed by atoms with van der Waals surface area (Å²) in [6.07, 6.45) is 6.10. The average Bonchev–Trinajstić information content (AvgIpc) is 2.43. The molecule has 1 spiro atoms. The number of carbonyl (C=O) groups excluding carboxylic acids is 2. The van der Waals surface area contributed by atoms with Crippen molar-refractivity contribution in [3.05, 3.63) is 0 Å². The summed E-state index contributed by atoms with van der Waals surface area (Å²) in [5.41, 5.74) is -0.00567. The fourth-order valence-electron chi connectivity index (χ4n) is 6.53. The van der Waals surface area contributed by atoms with E-state index in [1.54, 1.807) is 0 Å². The van der Waals surface area contributed by atoms with Gasteiger partial charge in [0.25, 0.3) is 0 Å². The monoisotopic (exact) mass is 305 g/mol. The molecule has 4 fully saturated rings. The van der Waals surface area contributed by atoms with Gasteiger partial charge in [-0.2, -0.15) is 0 Å². The molecule has 0 aromatic rings. The summed E-state index contributed by atoms with van der Waals surface area (Å²) in [6, 6.07) is 0. The van der Waals surface area contributed by atoms with Crippen molar-refractivity contribution < 1.29 is 14.3 Å². The van der Waals surface area contributed by atoms with Gasteiger partial charge in [-0.05, 0) is 50.5 Å². The van der Waals surface area contributed by atoms with Crippen LogP contribution in [0.2, 0.25) is 0 Å². The first-order valence-electron chi connectivity index (χ1n) is 8.97. The number of rotatable bonds is 1. The number of esters is 1. The Morgan fingerprint density at radius 1 is 1.32 bits per heavy atom. The van der Waals surface area contributed by atoms with Gasteiger partial charge in [0, 0.05) is 37.3 Å². The summed E-state index contributed by atoms with van der Waals surface area (Å²) in [5.74, 6) is 1.98. The van der Waals surface area contributed by atoms with E-state index in [1.165, 1.54) is 6.92 Å². The lowest BCUT2D eigenvalue weighted by Crippen LogP contribution is -2.74. The van der Waals surface area contributed by atoms with Crippen LogP contribution in [0.3, 0.4) is 0 Å². The quantitative estimate of drug-likeness (QED) is 0.698. The molecule has 0 N–H and O–H groups in total. The minimum Gasteiger partial charge on any atom is -0.462 e. The Morgan fingerprint density at radius 3 is 2.91 bits per heavy atom. The molecule has 4 nitrogen and oxygen atoms in total.